The van der Waals surface area contributed by atoms with Crippen molar-refractivity contribution in [3.8, 4) is 5.75 Å². The van der Waals surface area contributed by atoms with Crippen molar-refractivity contribution in [1.82, 2.24) is 15.6 Å². The molecule has 0 aliphatic heterocycles. The average Bonchev–Trinajstić information content (AvgIpc) is 3.06. The van der Waals surface area contributed by atoms with E-state index < -0.39 is 0 Å². The summed E-state index contributed by atoms with van der Waals surface area (Å²) in [5, 5.41) is 7.81. The number of nitrogens with one attached hydrogen (secondary N) is 2. The molecule has 0 atom stereocenters. The molecule has 0 saturated heterocycles. The summed E-state index contributed by atoms with van der Waals surface area (Å²) in [5.74, 6) is 1.67. The molecule has 0 radical (unpaired) electrons. The number of thiazole rings is 1. The highest BCUT2D eigenvalue weighted by Gasteiger charge is 2.06. The molecule has 0 aliphatic carbocycles. The molecule has 1 aromatic heterocycles. The van der Waals surface area contributed by atoms with E-state index in [9.17, 15) is 0 Å². The maximum Gasteiger partial charge on any atom is 0.191 e. The fraction of sp³-hybridized carbons (Fsp3) is 0.500. The average molecular weight is 518 g/mol. The van der Waals surface area contributed by atoms with Gasteiger partial charge in [-0.15, -0.1) is 35.3 Å². The number of aryl methyl sites for hydroxylation is 2. The SMILES string of the molecule is CCNC(=NCc1ccc(C)cc1OCCOC)NCCc1ncc(C)s1.I. The monoisotopic (exact) mass is 518 g/mol. The van der Waals surface area contributed by atoms with E-state index in [1.165, 1.54) is 10.4 Å². The third-order valence-electron chi connectivity index (χ3n) is 3.82. The first-order valence-corrected chi connectivity index (χ1v) is 10.1. The van der Waals surface area contributed by atoms with Gasteiger partial charge < -0.3 is 20.1 Å². The first-order chi connectivity index (χ1) is 13.1. The summed E-state index contributed by atoms with van der Waals surface area (Å²) in [5.41, 5.74) is 2.23. The second-order valence-corrected chi connectivity index (χ2v) is 7.51. The second kappa shape index (κ2) is 13.7. The van der Waals surface area contributed by atoms with Gasteiger partial charge in [0.2, 0.25) is 0 Å². The fourth-order valence-electron chi connectivity index (χ4n) is 2.47. The van der Waals surface area contributed by atoms with Gasteiger partial charge in [-0.25, -0.2) is 9.98 Å². The maximum atomic E-state index is 5.85. The van der Waals surface area contributed by atoms with Crippen LogP contribution in [0.1, 0.15) is 27.9 Å². The summed E-state index contributed by atoms with van der Waals surface area (Å²) in [7, 11) is 1.67. The van der Waals surface area contributed by atoms with Crippen LogP contribution in [-0.2, 0) is 17.7 Å². The Bertz CT molecular complexity index is 737. The Kier molecular flexibility index (Phi) is 12.1. The van der Waals surface area contributed by atoms with E-state index in [1.54, 1.807) is 18.4 Å². The summed E-state index contributed by atoms with van der Waals surface area (Å²) >= 11 is 1.74. The Labute approximate surface area is 189 Å². The van der Waals surface area contributed by atoms with E-state index in [0.717, 1.165) is 41.8 Å². The number of halogens is 1. The van der Waals surface area contributed by atoms with Gasteiger partial charge in [-0.2, -0.15) is 0 Å². The molecule has 28 heavy (non-hydrogen) atoms. The maximum absolute atomic E-state index is 5.85. The zero-order chi connectivity index (χ0) is 19.5. The minimum atomic E-state index is 0. The Hall–Kier alpha value is -1.39. The molecule has 6 nitrogen and oxygen atoms in total. The van der Waals surface area contributed by atoms with E-state index in [4.69, 9.17) is 14.5 Å². The van der Waals surface area contributed by atoms with Crippen molar-refractivity contribution < 1.29 is 9.47 Å². The Morgan fingerprint density at radius 1 is 1.21 bits per heavy atom. The summed E-state index contributed by atoms with van der Waals surface area (Å²) in [6.45, 7) is 9.45. The van der Waals surface area contributed by atoms with E-state index >= 15 is 0 Å². The van der Waals surface area contributed by atoms with Gasteiger partial charge in [-0.05, 0) is 32.4 Å². The lowest BCUT2D eigenvalue weighted by molar-refractivity contribution is 0.145. The second-order valence-electron chi connectivity index (χ2n) is 6.19. The van der Waals surface area contributed by atoms with E-state index in [0.29, 0.717) is 19.8 Å². The van der Waals surface area contributed by atoms with Crippen molar-refractivity contribution in [2.24, 2.45) is 4.99 Å². The number of rotatable bonds is 10. The van der Waals surface area contributed by atoms with Crippen LogP contribution in [0.25, 0.3) is 0 Å². The molecule has 156 valence electrons. The minimum absolute atomic E-state index is 0. The van der Waals surface area contributed by atoms with Gasteiger partial charge in [0.15, 0.2) is 5.96 Å². The Morgan fingerprint density at radius 2 is 2.04 bits per heavy atom. The molecule has 2 aromatic rings. The lowest BCUT2D eigenvalue weighted by Crippen LogP contribution is -2.38. The predicted molar refractivity (Wildman–Crippen MR) is 127 cm³/mol. The summed E-state index contributed by atoms with van der Waals surface area (Å²) in [6, 6.07) is 6.20. The van der Waals surface area contributed by atoms with Crippen molar-refractivity contribution in [2.45, 2.75) is 33.7 Å². The van der Waals surface area contributed by atoms with Crippen LogP contribution >= 0.6 is 35.3 Å². The molecule has 0 saturated carbocycles. The van der Waals surface area contributed by atoms with Gasteiger partial charge in [-0.3, -0.25) is 0 Å². The molecule has 0 spiro atoms. The smallest absolute Gasteiger partial charge is 0.191 e. The summed E-state index contributed by atoms with van der Waals surface area (Å²) < 4.78 is 10.9. The van der Waals surface area contributed by atoms with Crippen LogP contribution in [0.3, 0.4) is 0 Å². The topological polar surface area (TPSA) is 67.8 Å². The molecular formula is C20H31IN4O2S. The van der Waals surface area contributed by atoms with Crippen LogP contribution in [0, 0.1) is 13.8 Å². The van der Waals surface area contributed by atoms with Crippen LogP contribution in [-0.4, -0.2) is 44.4 Å². The molecule has 2 N–H and O–H groups in total. The first kappa shape index (κ1) is 24.6. The third-order valence-corrected chi connectivity index (χ3v) is 4.79. The Morgan fingerprint density at radius 3 is 2.71 bits per heavy atom. The lowest BCUT2D eigenvalue weighted by atomic mass is 10.1. The number of guanidine groups is 1. The molecule has 0 bridgehead atoms. The number of hydrogen-bond acceptors (Lipinski definition) is 5. The largest absolute Gasteiger partial charge is 0.491 e. The lowest BCUT2D eigenvalue weighted by Gasteiger charge is -2.13. The van der Waals surface area contributed by atoms with Crippen LogP contribution < -0.4 is 15.4 Å². The first-order valence-electron chi connectivity index (χ1n) is 9.27. The van der Waals surface area contributed by atoms with Gasteiger partial charge in [0, 0.05) is 43.3 Å². The number of hydrogen-bond donors (Lipinski definition) is 2. The molecule has 0 fully saturated rings. The van der Waals surface area contributed by atoms with Gasteiger partial charge >= 0.3 is 0 Å². The molecule has 1 heterocycles. The normalized spacial score (nSPS) is 11.1. The summed E-state index contributed by atoms with van der Waals surface area (Å²) in [4.78, 5) is 10.3. The summed E-state index contributed by atoms with van der Waals surface area (Å²) in [6.07, 6.45) is 2.81. The van der Waals surface area contributed by atoms with Gasteiger partial charge in [0.1, 0.15) is 12.4 Å². The van der Waals surface area contributed by atoms with Crippen LogP contribution in [0.4, 0.5) is 0 Å². The minimum Gasteiger partial charge on any atom is -0.491 e. The zero-order valence-corrected chi connectivity index (χ0v) is 20.2. The molecule has 1 aromatic carbocycles. The van der Waals surface area contributed by atoms with E-state index in [2.05, 4.69) is 48.5 Å². The number of nitrogens with zero attached hydrogens (tertiary/aromatic N) is 2. The Balaban J connectivity index is 0.00000392. The predicted octanol–water partition coefficient (Wildman–Crippen LogP) is 3.70. The standard InChI is InChI=1S/C20H30N4O2S.HI/c1-5-21-20(22-9-8-19-23-13-16(3)27-19)24-14-17-7-6-15(2)12-18(17)26-11-10-25-4;/h6-7,12-13H,5,8-11,14H2,1-4H3,(H2,21,22,24);1H. The van der Waals surface area contributed by atoms with E-state index in [1.807, 2.05) is 12.3 Å². The van der Waals surface area contributed by atoms with Crippen molar-refractivity contribution in [1.29, 1.82) is 0 Å². The number of methoxy groups -OCH3 is 1. The molecule has 8 heteroatoms. The highest BCUT2D eigenvalue weighted by atomic mass is 127. The van der Waals surface area contributed by atoms with Gasteiger partial charge in [0.25, 0.3) is 0 Å². The fourth-order valence-corrected chi connectivity index (χ4v) is 3.26. The number of aliphatic imine (C=N–C) groups is 1. The van der Waals surface area contributed by atoms with E-state index in [-0.39, 0.29) is 24.0 Å². The van der Waals surface area contributed by atoms with Crippen LogP contribution in [0.2, 0.25) is 0 Å². The zero-order valence-electron chi connectivity index (χ0n) is 17.1. The highest BCUT2D eigenvalue weighted by molar-refractivity contribution is 14.0. The molecule has 2 rings (SSSR count). The van der Waals surface area contributed by atoms with Crippen LogP contribution in [0.5, 0.6) is 5.75 Å². The molecule has 0 amide bonds. The molecule has 0 aliphatic rings. The molecule has 0 unspecified atom stereocenters. The third kappa shape index (κ3) is 8.74. The number of benzene rings is 1. The van der Waals surface area contributed by atoms with Crippen LogP contribution in [0.15, 0.2) is 29.4 Å². The van der Waals surface area contributed by atoms with Gasteiger partial charge in [-0.1, -0.05) is 12.1 Å². The number of ether oxygens (including phenoxy) is 2. The van der Waals surface area contributed by atoms with Crippen molar-refractivity contribution in [3.05, 3.63) is 45.4 Å². The molecular weight excluding hydrogens is 487 g/mol. The highest BCUT2D eigenvalue weighted by Crippen LogP contribution is 2.21. The van der Waals surface area contributed by atoms with Crippen molar-refractivity contribution in [2.75, 3.05) is 33.4 Å². The van der Waals surface area contributed by atoms with Crippen molar-refractivity contribution in [3.63, 3.8) is 0 Å². The number of aromatic nitrogens is 1. The quantitative estimate of drug-likeness (QED) is 0.217. The van der Waals surface area contributed by atoms with Crippen molar-refractivity contribution >= 4 is 41.3 Å². The van der Waals surface area contributed by atoms with Gasteiger partial charge in [0.05, 0.1) is 18.2 Å².